The molecule has 5 nitrogen and oxygen atoms in total. The first-order valence-electron chi connectivity index (χ1n) is 6.35. The number of benzene rings is 1. The van der Waals surface area contributed by atoms with Gasteiger partial charge in [-0.1, -0.05) is 0 Å². The van der Waals surface area contributed by atoms with Gasteiger partial charge in [0.15, 0.2) is 11.5 Å². The number of nitrogens with one attached hydrogen (secondary N) is 1. The molecule has 98 valence electrons. The summed E-state index contributed by atoms with van der Waals surface area (Å²) < 4.78 is 11.2. The third-order valence-electron chi connectivity index (χ3n) is 3.36. The molecule has 1 fully saturated rings. The molecule has 1 atom stereocenters. The summed E-state index contributed by atoms with van der Waals surface area (Å²) >= 11 is 0. The lowest BCUT2D eigenvalue weighted by Crippen LogP contribution is -2.49. The van der Waals surface area contributed by atoms with Gasteiger partial charge in [-0.25, -0.2) is 0 Å². The number of hydrogen-bond acceptors (Lipinski definition) is 5. The standard InChI is InChI=1S/C13H18N2O3/c1-9-8-15(5-4-14-9)10-2-3-11(16)13-12(10)17-6-7-18-13/h2-3,9,14,16H,4-8H2,1H3. The van der Waals surface area contributed by atoms with Crippen LogP contribution in [0.2, 0.25) is 0 Å². The zero-order valence-electron chi connectivity index (χ0n) is 10.5. The van der Waals surface area contributed by atoms with Crippen LogP contribution < -0.4 is 19.7 Å². The van der Waals surface area contributed by atoms with Gasteiger partial charge in [0.1, 0.15) is 13.2 Å². The second-order valence-corrected chi connectivity index (χ2v) is 4.76. The van der Waals surface area contributed by atoms with Gasteiger partial charge in [0, 0.05) is 25.7 Å². The summed E-state index contributed by atoms with van der Waals surface area (Å²) in [4.78, 5) is 2.27. The lowest BCUT2D eigenvalue weighted by atomic mass is 10.1. The molecule has 2 aliphatic rings. The molecule has 0 radical (unpaired) electrons. The molecule has 0 spiro atoms. The van der Waals surface area contributed by atoms with Crippen LogP contribution in [0.1, 0.15) is 6.92 Å². The first-order valence-corrected chi connectivity index (χ1v) is 6.35. The number of phenols is 1. The van der Waals surface area contributed by atoms with E-state index in [9.17, 15) is 5.11 Å². The largest absolute Gasteiger partial charge is 0.504 e. The quantitative estimate of drug-likeness (QED) is 0.777. The Morgan fingerprint density at radius 2 is 2.06 bits per heavy atom. The SMILES string of the molecule is CC1CN(c2ccc(O)c3c2OCCO3)CCN1. The van der Waals surface area contributed by atoms with Crippen molar-refractivity contribution in [2.45, 2.75) is 13.0 Å². The highest BCUT2D eigenvalue weighted by Gasteiger charge is 2.25. The summed E-state index contributed by atoms with van der Waals surface area (Å²) in [5.74, 6) is 1.30. The molecule has 3 rings (SSSR count). The van der Waals surface area contributed by atoms with Crippen molar-refractivity contribution in [1.82, 2.24) is 5.32 Å². The van der Waals surface area contributed by atoms with Gasteiger partial charge in [0.05, 0.1) is 5.69 Å². The fourth-order valence-electron chi connectivity index (χ4n) is 2.51. The second-order valence-electron chi connectivity index (χ2n) is 4.76. The Labute approximate surface area is 106 Å². The van der Waals surface area contributed by atoms with E-state index in [1.807, 2.05) is 6.07 Å². The summed E-state index contributed by atoms with van der Waals surface area (Å²) in [5, 5.41) is 13.2. The maximum absolute atomic E-state index is 9.80. The van der Waals surface area contributed by atoms with Crippen molar-refractivity contribution < 1.29 is 14.6 Å². The average Bonchev–Trinajstić information content (AvgIpc) is 2.39. The van der Waals surface area contributed by atoms with Crippen molar-refractivity contribution in [3.8, 4) is 17.2 Å². The molecule has 5 heteroatoms. The van der Waals surface area contributed by atoms with E-state index in [-0.39, 0.29) is 5.75 Å². The van der Waals surface area contributed by atoms with E-state index < -0.39 is 0 Å². The Balaban J connectivity index is 1.96. The molecule has 1 aromatic carbocycles. The maximum atomic E-state index is 9.80. The first-order chi connectivity index (χ1) is 8.75. The van der Waals surface area contributed by atoms with Gasteiger partial charge < -0.3 is 24.8 Å². The molecule has 0 bridgehead atoms. The molecule has 1 aromatic rings. The number of aromatic hydroxyl groups is 1. The molecule has 1 saturated heterocycles. The number of piperazine rings is 1. The van der Waals surface area contributed by atoms with Crippen LogP contribution in [0.5, 0.6) is 17.2 Å². The number of phenolic OH excluding ortho intramolecular Hbond substituents is 1. The number of ether oxygens (including phenoxy) is 2. The minimum Gasteiger partial charge on any atom is -0.504 e. The Hall–Kier alpha value is -1.62. The summed E-state index contributed by atoms with van der Waals surface area (Å²) in [5.41, 5.74) is 1.01. The normalized spacial score (nSPS) is 22.9. The van der Waals surface area contributed by atoms with E-state index in [2.05, 4.69) is 17.1 Å². The van der Waals surface area contributed by atoms with Crippen molar-refractivity contribution in [2.75, 3.05) is 37.7 Å². The summed E-state index contributed by atoms with van der Waals surface area (Å²) in [6.07, 6.45) is 0. The fourth-order valence-corrected chi connectivity index (χ4v) is 2.51. The minimum absolute atomic E-state index is 0.150. The van der Waals surface area contributed by atoms with E-state index >= 15 is 0 Å². The topological polar surface area (TPSA) is 54.0 Å². The van der Waals surface area contributed by atoms with Crippen LogP contribution in [-0.2, 0) is 0 Å². The van der Waals surface area contributed by atoms with Crippen LogP contribution in [-0.4, -0.2) is 44.0 Å². The van der Waals surface area contributed by atoms with Gasteiger partial charge >= 0.3 is 0 Å². The summed E-state index contributed by atoms with van der Waals surface area (Å²) in [6, 6.07) is 4.03. The first kappa shape index (κ1) is 11.5. The Kier molecular flexibility index (Phi) is 2.91. The van der Waals surface area contributed by atoms with Crippen molar-refractivity contribution >= 4 is 5.69 Å². The summed E-state index contributed by atoms with van der Waals surface area (Å²) in [7, 11) is 0. The van der Waals surface area contributed by atoms with E-state index in [0.717, 1.165) is 25.3 Å². The molecule has 2 heterocycles. The highest BCUT2D eigenvalue weighted by Crippen LogP contribution is 2.45. The fraction of sp³-hybridized carbons (Fsp3) is 0.538. The van der Waals surface area contributed by atoms with Crippen LogP contribution in [0, 0.1) is 0 Å². The highest BCUT2D eigenvalue weighted by atomic mass is 16.6. The van der Waals surface area contributed by atoms with E-state index in [1.54, 1.807) is 6.07 Å². The third-order valence-corrected chi connectivity index (χ3v) is 3.36. The number of anilines is 1. The molecule has 0 aliphatic carbocycles. The van der Waals surface area contributed by atoms with Crippen LogP contribution >= 0.6 is 0 Å². The molecule has 0 aromatic heterocycles. The zero-order valence-corrected chi connectivity index (χ0v) is 10.5. The van der Waals surface area contributed by atoms with Crippen LogP contribution in [0.3, 0.4) is 0 Å². The molecule has 18 heavy (non-hydrogen) atoms. The lowest BCUT2D eigenvalue weighted by Gasteiger charge is -2.35. The molecular formula is C13H18N2O3. The molecule has 2 N–H and O–H groups in total. The number of rotatable bonds is 1. The lowest BCUT2D eigenvalue weighted by molar-refractivity contribution is 0.166. The van der Waals surface area contributed by atoms with Gasteiger partial charge in [-0.3, -0.25) is 0 Å². The predicted molar refractivity (Wildman–Crippen MR) is 68.8 cm³/mol. The van der Waals surface area contributed by atoms with Crippen LogP contribution in [0.25, 0.3) is 0 Å². The van der Waals surface area contributed by atoms with Crippen molar-refractivity contribution in [2.24, 2.45) is 0 Å². The van der Waals surface area contributed by atoms with Crippen molar-refractivity contribution in [1.29, 1.82) is 0 Å². The molecule has 1 unspecified atom stereocenters. The number of fused-ring (bicyclic) bond motifs is 1. The minimum atomic E-state index is 0.150. The van der Waals surface area contributed by atoms with E-state index in [4.69, 9.17) is 9.47 Å². The van der Waals surface area contributed by atoms with Gasteiger partial charge in [-0.05, 0) is 19.1 Å². The molecule has 0 saturated carbocycles. The van der Waals surface area contributed by atoms with Gasteiger partial charge in [0.25, 0.3) is 0 Å². The molecule has 2 aliphatic heterocycles. The summed E-state index contributed by atoms with van der Waals surface area (Å²) in [6.45, 7) is 6.01. The Bertz CT molecular complexity index is 450. The van der Waals surface area contributed by atoms with Crippen molar-refractivity contribution in [3.63, 3.8) is 0 Å². The zero-order chi connectivity index (χ0) is 12.5. The smallest absolute Gasteiger partial charge is 0.205 e. The average molecular weight is 250 g/mol. The van der Waals surface area contributed by atoms with E-state index in [0.29, 0.717) is 30.8 Å². The van der Waals surface area contributed by atoms with Gasteiger partial charge in [-0.15, -0.1) is 0 Å². The van der Waals surface area contributed by atoms with Gasteiger partial charge in [0.2, 0.25) is 5.75 Å². The number of hydrogen-bond donors (Lipinski definition) is 2. The third kappa shape index (κ3) is 1.95. The van der Waals surface area contributed by atoms with Crippen LogP contribution in [0.15, 0.2) is 12.1 Å². The Morgan fingerprint density at radius 3 is 2.83 bits per heavy atom. The molecular weight excluding hydrogens is 232 g/mol. The van der Waals surface area contributed by atoms with Crippen LogP contribution in [0.4, 0.5) is 5.69 Å². The molecule has 0 amide bonds. The highest BCUT2D eigenvalue weighted by molar-refractivity contribution is 5.69. The van der Waals surface area contributed by atoms with Crippen molar-refractivity contribution in [3.05, 3.63) is 12.1 Å². The monoisotopic (exact) mass is 250 g/mol. The van der Waals surface area contributed by atoms with E-state index in [1.165, 1.54) is 0 Å². The maximum Gasteiger partial charge on any atom is 0.205 e. The predicted octanol–water partition coefficient (Wildman–Crippen LogP) is 0.961. The number of nitrogens with zero attached hydrogens (tertiary/aromatic N) is 1. The van der Waals surface area contributed by atoms with Gasteiger partial charge in [-0.2, -0.15) is 0 Å². The second kappa shape index (κ2) is 4.57. The Morgan fingerprint density at radius 1 is 1.28 bits per heavy atom.